The first kappa shape index (κ1) is 84.9. The Balaban J connectivity index is 4.02. The number of phosphoric ester groups is 1. The minimum Gasteiger partial charge on any atom is -0.462 e. The van der Waals surface area contributed by atoms with Crippen molar-refractivity contribution in [1.82, 2.24) is 0 Å². The first-order valence-electron chi connectivity index (χ1n) is 37.0. The average molecular weight is 1250 g/mol. The number of unbranched alkanes of at least 4 members (excludes halogenated alkanes) is 38. The van der Waals surface area contributed by atoms with Crippen molar-refractivity contribution in [1.29, 1.82) is 0 Å². The number of phosphoric acid groups is 1. The van der Waals surface area contributed by atoms with Crippen molar-refractivity contribution in [3.63, 3.8) is 0 Å². The third-order valence-corrected chi connectivity index (χ3v) is 17.1. The molecule has 0 aromatic carbocycles. The van der Waals surface area contributed by atoms with Crippen LogP contribution >= 0.6 is 7.82 Å². The van der Waals surface area contributed by atoms with E-state index >= 15 is 0 Å². The quantitative estimate of drug-likeness (QED) is 0.0211. The van der Waals surface area contributed by atoms with Gasteiger partial charge in [-0.3, -0.25) is 18.6 Å². The Morgan fingerprint density at radius 1 is 0.364 bits per heavy atom. The molecule has 2 unspecified atom stereocenters. The third kappa shape index (κ3) is 72.0. The summed E-state index contributed by atoms with van der Waals surface area (Å²) in [5.41, 5.74) is 0. The van der Waals surface area contributed by atoms with Crippen LogP contribution in [-0.2, 0) is 32.7 Å². The molecule has 0 fully saturated rings. The van der Waals surface area contributed by atoms with Gasteiger partial charge in [-0.2, -0.15) is 0 Å². The highest BCUT2D eigenvalue weighted by molar-refractivity contribution is 7.47. The summed E-state index contributed by atoms with van der Waals surface area (Å²) in [7, 11) is 1.47. The van der Waals surface area contributed by atoms with Gasteiger partial charge < -0.3 is 18.9 Å². The molecule has 9 nitrogen and oxygen atoms in total. The number of carbonyl (C=O) groups excluding carboxylic acids is 2. The summed E-state index contributed by atoms with van der Waals surface area (Å²) in [6.07, 6.45) is 95.3. The number of likely N-dealkylation sites (N-methyl/N-ethyl adjacent to an activating group) is 1. The zero-order chi connectivity index (χ0) is 64.1. The fourth-order valence-electron chi connectivity index (χ4n) is 10.5. The molecule has 0 spiro atoms. The van der Waals surface area contributed by atoms with E-state index in [1.165, 1.54) is 212 Å². The van der Waals surface area contributed by atoms with Crippen LogP contribution in [0.2, 0.25) is 0 Å². The average Bonchev–Trinajstić information content (AvgIpc) is 3.68. The first-order chi connectivity index (χ1) is 43.0. The lowest BCUT2D eigenvalue weighted by Crippen LogP contribution is -2.37. The standard InChI is InChI=1S/C78H140NO8P/c1-6-8-10-12-14-16-18-20-22-24-26-28-30-32-34-36-37-38-39-40-41-43-44-46-48-50-52-54-56-58-60-62-64-66-68-70-77(80)84-74-76(75-86-88(82,83)85-73-72-79(3,4)5)87-78(81)71-69-67-65-63-61-59-57-55-53-51-49-47-45-42-35-33-31-29-27-25-23-21-19-17-15-13-11-9-7-2/h9,11,15,17,21,23-24,26-27,29,33,35,45,47,51,53,76H,6-8,10,12-14,16,18-20,22,25,28,30-32,34,36-44,46,48-50,52,54-75H2,1-5H3/p+1/b11-9-,17-15-,23-21-,26-24-,29-27-,35-33-,47-45-,53-51-. The molecule has 2 atom stereocenters. The summed E-state index contributed by atoms with van der Waals surface area (Å²) in [5, 5.41) is 0. The Morgan fingerprint density at radius 3 is 0.977 bits per heavy atom. The maximum absolute atomic E-state index is 12.9. The van der Waals surface area contributed by atoms with Crippen molar-refractivity contribution in [2.75, 3.05) is 47.5 Å². The van der Waals surface area contributed by atoms with Gasteiger partial charge in [-0.05, 0) is 96.3 Å². The summed E-state index contributed by atoms with van der Waals surface area (Å²) < 4.78 is 34.7. The van der Waals surface area contributed by atoms with Gasteiger partial charge in [0.25, 0.3) is 0 Å². The molecule has 510 valence electrons. The maximum Gasteiger partial charge on any atom is 0.472 e. The second-order valence-electron chi connectivity index (χ2n) is 25.9. The molecular weight excluding hydrogens is 1110 g/mol. The van der Waals surface area contributed by atoms with Gasteiger partial charge in [-0.1, -0.05) is 323 Å². The Kier molecular flexibility index (Phi) is 65.9. The predicted molar refractivity (Wildman–Crippen MR) is 381 cm³/mol. The first-order valence-corrected chi connectivity index (χ1v) is 38.5. The number of quaternary nitrogens is 1. The number of carbonyl (C=O) groups is 2. The van der Waals surface area contributed by atoms with Gasteiger partial charge in [0, 0.05) is 12.8 Å². The van der Waals surface area contributed by atoms with Gasteiger partial charge in [-0.15, -0.1) is 0 Å². The topological polar surface area (TPSA) is 108 Å². The third-order valence-electron chi connectivity index (χ3n) is 16.1. The largest absolute Gasteiger partial charge is 0.472 e. The lowest BCUT2D eigenvalue weighted by atomic mass is 10.0. The van der Waals surface area contributed by atoms with Gasteiger partial charge in [-0.25, -0.2) is 4.57 Å². The van der Waals surface area contributed by atoms with Crippen LogP contribution in [0.3, 0.4) is 0 Å². The summed E-state index contributed by atoms with van der Waals surface area (Å²) in [4.78, 5) is 35.9. The van der Waals surface area contributed by atoms with Crippen molar-refractivity contribution in [3.8, 4) is 0 Å². The molecule has 10 heteroatoms. The number of allylic oxidation sites excluding steroid dienone is 16. The lowest BCUT2D eigenvalue weighted by molar-refractivity contribution is -0.870. The van der Waals surface area contributed by atoms with E-state index in [1.54, 1.807) is 0 Å². The van der Waals surface area contributed by atoms with Crippen molar-refractivity contribution in [2.45, 2.75) is 341 Å². The van der Waals surface area contributed by atoms with Crippen LogP contribution in [0.4, 0.5) is 0 Å². The van der Waals surface area contributed by atoms with Gasteiger partial charge in [0.05, 0.1) is 27.7 Å². The summed E-state index contributed by atoms with van der Waals surface area (Å²) >= 11 is 0. The lowest BCUT2D eigenvalue weighted by Gasteiger charge is -2.24. The summed E-state index contributed by atoms with van der Waals surface area (Å²) in [5.74, 6) is -0.802. The number of hydrogen-bond donors (Lipinski definition) is 1. The van der Waals surface area contributed by atoms with E-state index in [1.807, 2.05) is 21.1 Å². The number of nitrogens with zero attached hydrogens (tertiary/aromatic N) is 1. The van der Waals surface area contributed by atoms with Crippen LogP contribution in [0.15, 0.2) is 97.2 Å². The molecule has 0 aliphatic carbocycles. The van der Waals surface area contributed by atoms with Gasteiger partial charge in [0.1, 0.15) is 19.8 Å². The highest BCUT2D eigenvalue weighted by Crippen LogP contribution is 2.43. The molecule has 0 aliphatic heterocycles. The van der Waals surface area contributed by atoms with E-state index < -0.39 is 26.5 Å². The highest BCUT2D eigenvalue weighted by Gasteiger charge is 2.27. The maximum atomic E-state index is 12.9. The molecule has 0 aromatic heterocycles. The zero-order valence-electron chi connectivity index (χ0n) is 58.2. The Morgan fingerprint density at radius 2 is 0.648 bits per heavy atom. The van der Waals surface area contributed by atoms with E-state index in [4.69, 9.17) is 18.5 Å². The number of hydrogen-bond acceptors (Lipinski definition) is 7. The Labute approximate surface area is 544 Å². The van der Waals surface area contributed by atoms with Crippen LogP contribution in [0.5, 0.6) is 0 Å². The molecule has 88 heavy (non-hydrogen) atoms. The molecule has 0 radical (unpaired) electrons. The number of rotatable bonds is 68. The molecule has 0 aromatic rings. The molecule has 0 bridgehead atoms. The van der Waals surface area contributed by atoms with E-state index in [0.29, 0.717) is 17.4 Å². The second-order valence-corrected chi connectivity index (χ2v) is 27.4. The molecule has 0 rings (SSSR count). The van der Waals surface area contributed by atoms with E-state index in [-0.39, 0.29) is 32.0 Å². The normalized spacial score (nSPS) is 13.7. The monoisotopic (exact) mass is 1250 g/mol. The summed E-state index contributed by atoms with van der Waals surface area (Å²) in [6, 6.07) is 0. The fourth-order valence-corrected chi connectivity index (χ4v) is 11.2. The van der Waals surface area contributed by atoms with Gasteiger partial charge in [0.2, 0.25) is 0 Å². The van der Waals surface area contributed by atoms with Crippen molar-refractivity contribution in [2.24, 2.45) is 0 Å². The van der Waals surface area contributed by atoms with Crippen LogP contribution in [0.1, 0.15) is 335 Å². The molecule has 0 saturated carbocycles. The van der Waals surface area contributed by atoms with Crippen LogP contribution < -0.4 is 0 Å². The second kappa shape index (κ2) is 68.3. The molecule has 0 saturated heterocycles. The Bertz CT molecular complexity index is 1810. The number of ether oxygens (including phenoxy) is 2. The minimum absolute atomic E-state index is 0.0262. The van der Waals surface area contributed by atoms with Crippen LogP contribution in [-0.4, -0.2) is 74.9 Å². The van der Waals surface area contributed by atoms with Gasteiger partial charge in [0.15, 0.2) is 6.10 Å². The molecule has 0 aliphatic rings. The Hall–Kier alpha value is -3.07. The minimum atomic E-state index is -4.40. The predicted octanol–water partition coefficient (Wildman–Crippen LogP) is 24.3. The molecule has 0 amide bonds. The molecule has 0 heterocycles. The SMILES string of the molecule is CC/C=C\C/C=C\C/C=C\C/C=C\C/C=C\C/C=C\C/C=C\CCCCCCCCCC(=O)OC(COC(=O)CCCCCCCCCCCCCCCCCCCCCCCCC/C=C\CCCCCCCCCC)COP(=O)(O)OCC[N+](C)(C)C. The van der Waals surface area contributed by atoms with Crippen molar-refractivity contribution >= 4 is 19.8 Å². The van der Waals surface area contributed by atoms with Crippen LogP contribution in [0.25, 0.3) is 0 Å². The van der Waals surface area contributed by atoms with Crippen molar-refractivity contribution < 1.29 is 42.1 Å². The van der Waals surface area contributed by atoms with Crippen LogP contribution in [0, 0.1) is 0 Å². The smallest absolute Gasteiger partial charge is 0.462 e. The van der Waals surface area contributed by atoms with E-state index in [0.717, 1.165) is 89.9 Å². The number of esters is 2. The zero-order valence-corrected chi connectivity index (χ0v) is 59.1. The van der Waals surface area contributed by atoms with Gasteiger partial charge >= 0.3 is 19.8 Å². The fraction of sp³-hybridized carbons (Fsp3) is 0.769. The highest BCUT2D eigenvalue weighted by atomic mass is 31.2. The molecule has 1 N–H and O–H groups in total. The van der Waals surface area contributed by atoms with Crippen molar-refractivity contribution in [3.05, 3.63) is 97.2 Å². The summed E-state index contributed by atoms with van der Waals surface area (Å²) in [6.45, 7) is 4.34. The van der Waals surface area contributed by atoms with E-state index in [9.17, 15) is 19.0 Å². The molecular formula is C78H141NO8P+. The van der Waals surface area contributed by atoms with E-state index in [2.05, 4.69) is 111 Å².